The summed E-state index contributed by atoms with van der Waals surface area (Å²) in [6.07, 6.45) is 0. The van der Waals surface area contributed by atoms with Gasteiger partial charge in [0.2, 0.25) is 0 Å². The Balaban J connectivity index is 2.90. The van der Waals surface area contributed by atoms with Crippen LogP contribution in [0.2, 0.25) is 0 Å². The number of benzene rings is 2. The Morgan fingerprint density at radius 3 is 2.00 bits per heavy atom. The summed E-state index contributed by atoms with van der Waals surface area (Å²) in [4.78, 5) is 23.0. The fourth-order valence-corrected chi connectivity index (χ4v) is 2.50. The molecule has 2 rings (SSSR count). The second-order valence-corrected chi connectivity index (χ2v) is 5.02. The SMILES string of the molecule is Cc1ccccc1-c1cc(C(=O)O)c(C)c(C)c1C(=O)O. The van der Waals surface area contributed by atoms with Crippen molar-refractivity contribution in [3.63, 3.8) is 0 Å². The van der Waals surface area contributed by atoms with Gasteiger partial charge in [-0.2, -0.15) is 0 Å². The largest absolute Gasteiger partial charge is 0.478 e. The maximum absolute atomic E-state index is 11.6. The highest BCUT2D eigenvalue weighted by Crippen LogP contribution is 2.32. The van der Waals surface area contributed by atoms with Crippen molar-refractivity contribution in [2.45, 2.75) is 20.8 Å². The predicted octanol–water partition coefficient (Wildman–Crippen LogP) is 3.68. The molecule has 2 aromatic rings. The second kappa shape index (κ2) is 5.40. The summed E-state index contributed by atoms with van der Waals surface area (Å²) >= 11 is 0. The van der Waals surface area contributed by atoms with E-state index in [0.29, 0.717) is 16.7 Å². The monoisotopic (exact) mass is 284 g/mol. The number of hydrogen-bond acceptors (Lipinski definition) is 2. The molecule has 2 aromatic carbocycles. The van der Waals surface area contributed by atoms with Gasteiger partial charge in [0.05, 0.1) is 11.1 Å². The molecule has 21 heavy (non-hydrogen) atoms. The second-order valence-electron chi connectivity index (χ2n) is 5.02. The minimum absolute atomic E-state index is 0.135. The van der Waals surface area contributed by atoms with Crippen molar-refractivity contribution in [2.75, 3.05) is 0 Å². The minimum Gasteiger partial charge on any atom is -0.478 e. The normalized spacial score (nSPS) is 10.4. The van der Waals surface area contributed by atoms with Crippen LogP contribution in [-0.2, 0) is 0 Å². The van der Waals surface area contributed by atoms with Crippen molar-refractivity contribution in [1.29, 1.82) is 0 Å². The van der Waals surface area contributed by atoms with E-state index in [1.807, 2.05) is 25.1 Å². The fraction of sp³-hybridized carbons (Fsp3) is 0.176. The van der Waals surface area contributed by atoms with Gasteiger partial charge in [0, 0.05) is 0 Å². The van der Waals surface area contributed by atoms with Gasteiger partial charge in [-0.1, -0.05) is 24.3 Å². The molecular formula is C17H16O4. The number of carboxylic acids is 2. The number of carboxylic acid groups (broad SMARTS) is 2. The van der Waals surface area contributed by atoms with Crippen LogP contribution in [0.1, 0.15) is 37.4 Å². The van der Waals surface area contributed by atoms with Gasteiger partial charge in [-0.25, -0.2) is 9.59 Å². The summed E-state index contributed by atoms with van der Waals surface area (Å²) in [5.74, 6) is -2.10. The van der Waals surface area contributed by atoms with Crippen LogP contribution in [0.25, 0.3) is 11.1 Å². The van der Waals surface area contributed by atoms with E-state index >= 15 is 0 Å². The zero-order valence-electron chi connectivity index (χ0n) is 12.1. The molecular weight excluding hydrogens is 268 g/mol. The van der Waals surface area contributed by atoms with E-state index in [2.05, 4.69) is 0 Å². The molecule has 0 amide bonds. The topological polar surface area (TPSA) is 74.6 Å². The van der Waals surface area contributed by atoms with Gasteiger partial charge in [0.15, 0.2) is 0 Å². The number of rotatable bonds is 3. The van der Waals surface area contributed by atoms with E-state index in [1.54, 1.807) is 19.9 Å². The highest BCUT2D eigenvalue weighted by Gasteiger charge is 2.22. The predicted molar refractivity (Wildman–Crippen MR) is 80.0 cm³/mol. The van der Waals surface area contributed by atoms with Crippen LogP contribution in [0, 0.1) is 20.8 Å². The Hall–Kier alpha value is -2.62. The van der Waals surface area contributed by atoms with Gasteiger partial charge in [-0.05, 0) is 54.7 Å². The Kier molecular flexibility index (Phi) is 3.80. The zero-order valence-corrected chi connectivity index (χ0v) is 12.1. The number of hydrogen-bond donors (Lipinski definition) is 2. The van der Waals surface area contributed by atoms with Crippen LogP contribution in [0.5, 0.6) is 0 Å². The maximum atomic E-state index is 11.6. The van der Waals surface area contributed by atoms with Crippen molar-refractivity contribution in [3.8, 4) is 11.1 Å². The first-order valence-corrected chi connectivity index (χ1v) is 6.51. The molecule has 0 spiro atoms. The summed E-state index contributed by atoms with van der Waals surface area (Å²) in [5.41, 5.74) is 3.35. The maximum Gasteiger partial charge on any atom is 0.336 e. The molecule has 0 aliphatic heterocycles. The van der Waals surface area contributed by atoms with E-state index in [-0.39, 0.29) is 11.1 Å². The van der Waals surface area contributed by atoms with Gasteiger partial charge in [0.1, 0.15) is 0 Å². The molecule has 2 N–H and O–H groups in total. The van der Waals surface area contributed by atoms with Gasteiger partial charge < -0.3 is 10.2 Å². The average molecular weight is 284 g/mol. The number of carbonyl (C=O) groups is 2. The van der Waals surface area contributed by atoms with Gasteiger partial charge in [-0.15, -0.1) is 0 Å². The van der Waals surface area contributed by atoms with E-state index in [0.717, 1.165) is 11.1 Å². The summed E-state index contributed by atoms with van der Waals surface area (Å²) in [5, 5.41) is 18.8. The molecule has 0 heterocycles. The molecule has 0 radical (unpaired) electrons. The first-order valence-electron chi connectivity index (χ1n) is 6.51. The van der Waals surface area contributed by atoms with E-state index in [1.165, 1.54) is 6.07 Å². The van der Waals surface area contributed by atoms with Crippen LogP contribution < -0.4 is 0 Å². The lowest BCUT2D eigenvalue weighted by Crippen LogP contribution is -2.10. The van der Waals surface area contributed by atoms with Crippen LogP contribution in [0.15, 0.2) is 30.3 Å². The Morgan fingerprint density at radius 2 is 1.48 bits per heavy atom. The summed E-state index contributed by atoms with van der Waals surface area (Å²) in [7, 11) is 0. The van der Waals surface area contributed by atoms with Gasteiger partial charge in [-0.3, -0.25) is 0 Å². The molecule has 0 aromatic heterocycles. The van der Waals surface area contributed by atoms with Crippen molar-refractivity contribution in [2.24, 2.45) is 0 Å². The van der Waals surface area contributed by atoms with Gasteiger partial charge >= 0.3 is 11.9 Å². The lowest BCUT2D eigenvalue weighted by molar-refractivity contribution is 0.0680. The summed E-state index contributed by atoms with van der Waals surface area (Å²) in [6.45, 7) is 5.15. The standard InChI is InChI=1S/C17H16O4/c1-9-6-4-5-7-12(9)14-8-13(16(18)19)10(2)11(3)15(14)17(20)21/h4-8H,1-3H3,(H,18,19)(H,20,21). The molecule has 4 heteroatoms. The molecule has 0 bridgehead atoms. The van der Waals surface area contributed by atoms with Crippen molar-refractivity contribution < 1.29 is 19.8 Å². The fourth-order valence-electron chi connectivity index (χ4n) is 2.50. The van der Waals surface area contributed by atoms with E-state index in [4.69, 9.17) is 0 Å². The summed E-state index contributed by atoms with van der Waals surface area (Å²) < 4.78 is 0. The lowest BCUT2D eigenvalue weighted by atomic mass is 9.88. The average Bonchev–Trinajstić information content (AvgIpc) is 2.41. The lowest BCUT2D eigenvalue weighted by Gasteiger charge is -2.16. The quantitative estimate of drug-likeness (QED) is 0.901. The Morgan fingerprint density at radius 1 is 0.857 bits per heavy atom. The van der Waals surface area contributed by atoms with Crippen LogP contribution in [-0.4, -0.2) is 22.2 Å². The third kappa shape index (κ3) is 2.52. The van der Waals surface area contributed by atoms with E-state index in [9.17, 15) is 19.8 Å². The van der Waals surface area contributed by atoms with Gasteiger partial charge in [0.25, 0.3) is 0 Å². The highest BCUT2D eigenvalue weighted by atomic mass is 16.4. The molecule has 0 aliphatic carbocycles. The first kappa shape index (κ1) is 14.8. The first-order chi connectivity index (χ1) is 9.84. The molecule has 108 valence electrons. The Labute approximate surface area is 122 Å². The van der Waals surface area contributed by atoms with Crippen LogP contribution in [0.4, 0.5) is 0 Å². The summed E-state index contributed by atoms with van der Waals surface area (Å²) in [6, 6.07) is 8.80. The highest BCUT2D eigenvalue weighted by molar-refractivity contribution is 6.02. The number of aryl methyl sites for hydroxylation is 1. The van der Waals surface area contributed by atoms with Crippen molar-refractivity contribution >= 4 is 11.9 Å². The van der Waals surface area contributed by atoms with E-state index < -0.39 is 11.9 Å². The van der Waals surface area contributed by atoms with Crippen LogP contribution in [0.3, 0.4) is 0 Å². The molecule has 0 aliphatic rings. The molecule has 4 nitrogen and oxygen atoms in total. The van der Waals surface area contributed by atoms with Crippen LogP contribution >= 0.6 is 0 Å². The van der Waals surface area contributed by atoms with Crippen molar-refractivity contribution in [3.05, 3.63) is 58.1 Å². The third-order valence-electron chi connectivity index (χ3n) is 3.78. The molecule has 0 saturated carbocycles. The van der Waals surface area contributed by atoms with Crippen molar-refractivity contribution in [1.82, 2.24) is 0 Å². The molecule has 0 atom stereocenters. The molecule has 0 unspecified atom stereocenters. The minimum atomic E-state index is -1.05. The zero-order chi connectivity index (χ0) is 15.7. The Bertz CT molecular complexity index is 745. The molecule has 0 saturated heterocycles. The third-order valence-corrected chi connectivity index (χ3v) is 3.78. The molecule has 0 fully saturated rings. The number of aromatic carboxylic acids is 2. The smallest absolute Gasteiger partial charge is 0.336 e.